The third-order valence-corrected chi connectivity index (χ3v) is 8.44. The summed E-state index contributed by atoms with van der Waals surface area (Å²) in [6, 6.07) is 6.05. The van der Waals surface area contributed by atoms with Crippen LogP contribution in [-0.2, 0) is 16.3 Å². The largest absolute Gasteiger partial charge is 0.494 e. The SMILES string of the molecule is CCCc1nc(C(=O)NCC2CCC(S(C)(=O)=O)CC2)c(Cl)n1-c1ccc(NC(C)C)cc1OC. The summed E-state index contributed by atoms with van der Waals surface area (Å²) >= 11 is 6.74. The van der Waals surface area contributed by atoms with E-state index in [9.17, 15) is 13.2 Å². The van der Waals surface area contributed by atoms with Crippen LogP contribution in [0, 0.1) is 5.92 Å². The van der Waals surface area contributed by atoms with Crippen molar-refractivity contribution in [2.75, 3.05) is 25.2 Å². The Kier molecular flexibility index (Phi) is 9.10. The van der Waals surface area contributed by atoms with Crippen molar-refractivity contribution >= 4 is 33.0 Å². The van der Waals surface area contributed by atoms with Gasteiger partial charge in [0.05, 0.1) is 18.0 Å². The van der Waals surface area contributed by atoms with Crippen LogP contribution in [0.5, 0.6) is 5.75 Å². The fraction of sp³-hybridized carbons (Fsp3) is 0.600. The van der Waals surface area contributed by atoms with Gasteiger partial charge in [-0.2, -0.15) is 0 Å². The van der Waals surface area contributed by atoms with Gasteiger partial charge in [0, 0.05) is 37.0 Å². The quantitative estimate of drug-likeness (QED) is 0.469. The van der Waals surface area contributed by atoms with Crippen LogP contribution in [0.15, 0.2) is 18.2 Å². The van der Waals surface area contributed by atoms with Gasteiger partial charge in [-0.15, -0.1) is 0 Å². The minimum Gasteiger partial charge on any atom is -0.494 e. The third-order valence-electron chi connectivity index (χ3n) is 6.41. The number of aromatic nitrogens is 2. The van der Waals surface area contributed by atoms with Gasteiger partial charge in [0.2, 0.25) is 0 Å². The zero-order chi connectivity index (χ0) is 25.8. The Balaban J connectivity index is 1.80. The molecular formula is C25H37ClN4O4S. The van der Waals surface area contributed by atoms with Gasteiger partial charge in [-0.3, -0.25) is 9.36 Å². The van der Waals surface area contributed by atoms with Crippen molar-refractivity contribution in [2.24, 2.45) is 5.92 Å². The monoisotopic (exact) mass is 524 g/mol. The first-order valence-electron chi connectivity index (χ1n) is 12.2. The van der Waals surface area contributed by atoms with E-state index in [4.69, 9.17) is 16.3 Å². The molecule has 35 heavy (non-hydrogen) atoms. The number of imidazole rings is 1. The van der Waals surface area contributed by atoms with Crippen LogP contribution >= 0.6 is 11.6 Å². The van der Waals surface area contributed by atoms with Crippen LogP contribution in [0.1, 0.15) is 69.2 Å². The Labute approximate surface area is 213 Å². The summed E-state index contributed by atoms with van der Waals surface area (Å²) < 4.78 is 31.0. The van der Waals surface area contributed by atoms with Crippen LogP contribution in [-0.4, -0.2) is 55.1 Å². The molecule has 0 radical (unpaired) electrons. The predicted octanol–water partition coefficient (Wildman–Crippen LogP) is 4.64. The number of sulfone groups is 1. The van der Waals surface area contributed by atoms with Crippen LogP contribution in [0.3, 0.4) is 0 Å². The molecule has 1 amide bonds. The minimum atomic E-state index is -3.01. The molecule has 8 nitrogen and oxygen atoms in total. The normalized spacial score (nSPS) is 18.5. The van der Waals surface area contributed by atoms with Crippen molar-refractivity contribution in [2.45, 2.75) is 70.6 Å². The molecule has 1 fully saturated rings. The maximum Gasteiger partial charge on any atom is 0.273 e. The highest BCUT2D eigenvalue weighted by Crippen LogP contribution is 2.33. The first-order valence-corrected chi connectivity index (χ1v) is 14.6. The van der Waals surface area contributed by atoms with Crippen LogP contribution in [0.4, 0.5) is 5.69 Å². The number of methoxy groups -OCH3 is 1. The Morgan fingerprint density at radius 3 is 2.51 bits per heavy atom. The van der Waals surface area contributed by atoms with E-state index in [0.717, 1.165) is 30.6 Å². The number of carbonyl (C=O) groups excluding carboxylic acids is 1. The zero-order valence-corrected chi connectivity index (χ0v) is 22.8. The van der Waals surface area contributed by atoms with Crippen molar-refractivity contribution in [3.05, 3.63) is 34.9 Å². The van der Waals surface area contributed by atoms with Gasteiger partial charge in [-0.25, -0.2) is 13.4 Å². The molecule has 0 saturated heterocycles. The van der Waals surface area contributed by atoms with Crippen molar-refractivity contribution in [3.8, 4) is 11.4 Å². The van der Waals surface area contributed by atoms with E-state index in [2.05, 4.69) is 29.5 Å². The number of anilines is 1. The van der Waals surface area contributed by atoms with Crippen LogP contribution < -0.4 is 15.4 Å². The highest BCUT2D eigenvalue weighted by molar-refractivity contribution is 7.91. The summed E-state index contributed by atoms with van der Waals surface area (Å²) in [6.45, 7) is 6.65. The second-order valence-corrected chi connectivity index (χ2v) is 12.3. The molecule has 194 valence electrons. The maximum atomic E-state index is 13.1. The van der Waals surface area contributed by atoms with E-state index in [0.29, 0.717) is 37.4 Å². The molecule has 1 aliphatic carbocycles. The van der Waals surface area contributed by atoms with E-state index in [1.165, 1.54) is 6.26 Å². The molecule has 1 heterocycles. The number of aryl methyl sites for hydroxylation is 1. The van der Waals surface area contributed by atoms with Gasteiger partial charge in [0.25, 0.3) is 5.91 Å². The van der Waals surface area contributed by atoms with Gasteiger partial charge in [0.1, 0.15) is 26.6 Å². The van der Waals surface area contributed by atoms with Gasteiger partial charge in [0.15, 0.2) is 5.69 Å². The number of rotatable bonds is 10. The molecule has 1 aromatic heterocycles. The van der Waals surface area contributed by atoms with E-state index >= 15 is 0 Å². The number of ether oxygens (including phenoxy) is 1. The summed E-state index contributed by atoms with van der Waals surface area (Å²) in [4.78, 5) is 17.7. The van der Waals surface area contributed by atoms with Crippen LogP contribution in [0.2, 0.25) is 5.15 Å². The van der Waals surface area contributed by atoms with E-state index in [-0.39, 0.29) is 34.0 Å². The first-order chi connectivity index (χ1) is 16.5. The standard InChI is InChI=1S/C25H37ClN4O4S/c1-6-7-22-29-23(25(31)27-15-17-8-11-19(12-9-17)35(5,32)33)24(26)30(22)20-13-10-18(28-16(2)3)14-21(20)34-4/h10,13-14,16-17,19,28H,6-9,11-12,15H2,1-5H3,(H,27,31). The van der Waals surface area contributed by atoms with Crippen molar-refractivity contribution in [1.29, 1.82) is 0 Å². The molecule has 0 atom stereocenters. The summed E-state index contributed by atoms with van der Waals surface area (Å²) in [6.07, 6.45) is 5.61. The number of benzene rings is 1. The number of nitrogens with zero attached hydrogens (tertiary/aromatic N) is 2. The molecule has 0 aliphatic heterocycles. The number of carbonyl (C=O) groups is 1. The van der Waals surface area contributed by atoms with Crippen molar-refractivity contribution in [3.63, 3.8) is 0 Å². The lowest BCUT2D eigenvalue weighted by Gasteiger charge is -2.27. The van der Waals surface area contributed by atoms with Gasteiger partial charge >= 0.3 is 0 Å². The number of amides is 1. The molecule has 1 saturated carbocycles. The van der Waals surface area contributed by atoms with E-state index in [1.54, 1.807) is 11.7 Å². The fourth-order valence-corrected chi connectivity index (χ4v) is 6.04. The Hall–Kier alpha value is -2.26. The summed E-state index contributed by atoms with van der Waals surface area (Å²) in [7, 11) is -1.40. The van der Waals surface area contributed by atoms with Crippen LogP contribution in [0.25, 0.3) is 5.69 Å². The maximum absolute atomic E-state index is 13.1. The molecule has 1 aromatic carbocycles. The number of hydrogen-bond donors (Lipinski definition) is 2. The smallest absolute Gasteiger partial charge is 0.273 e. The van der Waals surface area contributed by atoms with Crippen molar-refractivity contribution in [1.82, 2.24) is 14.9 Å². The lowest BCUT2D eigenvalue weighted by atomic mass is 9.89. The lowest BCUT2D eigenvalue weighted by Crippen LogP contribution is -2.34. The minimum absolute atomic E-state index is 0.186. The van der Waals surface area contributed by atoms with E-state index < -0.39 is 9.84 Å². The molecule has 1 aliphatic rings. The van der Waals surface area contributed by atoms with Gasteiger partial charge in [-0.05, 0) is 64.0 Å². The second-order valence-electron chi connectivity index (χ2n) is 9.62. The summed E-state index contributed by atoms with van der Waals surface area (Å²) in [5, 5.41) is 6.30. The Morgan fingerprint density at radius 1 is 1.26 bits per heavy atom. The molecule has 10 heteroatoms. The van der Waals surface area contributed by atoms with Gasteiger partial charge in [-0.1, -0.05) is 18.5 Å². The lowest BCUT2D eigenvalue weighted by molar-refractivity contribution is 0.0939. The summed E-state index contributed by atoms with van der Waals surface area (Å²) in [5.41, 5.74) is 1.84. The second kappa shape index (κ2) is 11.6. The fourth-order valence-electron chi connectivity index (χ4n) is 4.60. The highest BCUT2D eigenvalue weighted by atomic mass is 35.5. The molecule has 2 N–H and O–H groups in total. The number of nitrogens with one attached hydrogen (secondary N) is 2. The zero-order valence-electron chi connectivity index (χ0n) is 21.2. The predicted molar refractivity (Wildman–Crippen MR) is 141 cm³/mol. The van der Waals surface area contributed by atoms with Gasteiger partial charge < -0.3 is 15.4 Å². The number of hydrogen-bond acceptors (Lipinski definition) is 6. The first kappa shape index (κ1) is 27.3. The molecular weight excluding hydrogens is 488 g/mol. The molecule has 0 unspecified atom stereocenters. The topological polar surface area (TPSA) is 102 Å². The Bertz CT molecular complexity index is 1140. The number of halogens is 1. The van der Waals surface area contributed by atoms with Crippen molar-refractivity contribution < 1.29 is 17.9 Å². The van der Waals surface area contributed by atoms with E-state index in [1.807, 2.05) is 25.1 Å². The Morgan fingerprint density at radius 2 is 1.94 bits per heavy atom. The molecule has 0 spiro atoms. The molecule has 3 rings (SSSR count). The molecule has 2 aromatic rings. The highest BCUT2D eigenvalue weighted by Gasteiger charge is 2.29. The third kappa shape index (κ3) is 6.70. The average Bonchev–Trinajstić information content (AvgIpc) is 3.12. The molecule has 0 bridgehead atoms. The average molecular weight is 525 g/mol. The summed E-state index contributed by atoms with van der Waals surface area (Å²) in [5.74, 6) is 1.24.